The van der Waals surface area contributed by atoms with Gasteiger partial charge in [-0.15, -0.1) is 0 Å². The highest BCUT2D eigenvalue weighted by atomic mass is 79.9. The van der Waals surface area contributed by atoms with E-state index in [1.54, 1.807) is 19.2 Å². The molecule has 1 aromatic heterocycles. The molecule has 0 spiro atoms. The molecule has 3 nitrogen and oxygen atoms in total. The van der Waals surface area contributed by atoms with Crippen LogP contribution in [0.4, 0.5) is 0 Å². The number of hydrogen-bond donors (Lipinski definition) is 1. The molecule has 4 heteroatoms. The number of fused-ring (bicyclic) bond motifs is 1. The largest absolute Gasteiger partial charge is 0.506 e. The molecule has 0 aliphatic carbocycles. The molecule has 0 bridgehead atoms. The van der Waals surface area contributed by atoms with Gasteiger partial charge in [0.15, 0.2) is 0 Å². The monoisotopic (exact) mass is 238 g/mol. The van der Waals surface area contributed by atoms with Crippen LogP contribution in [0.3, 0.4) is 0 Å². The zero-order valence-electron chi connectivity index (χ0n) is 6.95. The van der Waals surface area contributed by atoms with E-state index in [4.69, 9.17) is 0 Å². The third-order valence-electron chi connectivity index (χ3n) is 1.75. The lowest BCUT2D eigenvalue weighted by Gasteiger charge is -2.01. The predicted octanol–water partition coefficient (Wildman–Crippen LogP) is 2.41. The first-order chi connectivity index (χ1) is 6.16. The first-order valence-electron chi connectivity index (χ1n) is 3.78. The van der Waals surface area contributed by atoms with Crippen molar-refractivity contribution in [3.05, 3.63) is 28.6 Å². The van der Waals surface area contributed by atoms with Gasteiger partial charge in [0.1, 0.15) is 17.1 Å². The molecular formula is C9H7BrN2O. The number of phenols is 1. The summed E-state index contributed by atoms with van der Waals surface area (Å²) in [5.74, 6) is 0.833. The highest BCUT2D eigenvalue weighted by Crippen LogP contribution is 2.26. The fourth-order valence-electron chi connectivity index (χ4n) is 1.18. The van der Waals surface area contributed by atoms with Crippen LogP contribution in [-0.4, -0.2) is 15.1 Å². The van der Waals surface area contributed by atoms with E-state index in [0.29, 0.717) is 11.3 Å². The first kappa shape index (κ1) is 8.44. The summed E-state index contributed by atoms with van der Waals surface area (Å²) in [6.45, 7) is 1.79. The van der Waals surface area contributed by atoms with E-state index in [1.807, 2.05) is 6.07 Å². The van der Waals surface area contributed by atoms with E-state index < -0.39 is 0 Å². The van der Waals surface area contributed by atoms with Crippen LogP contribution in [0.1, 0.15) is 5.82 Å². The van der Waals surface area contributed by atoms with E-state index >= 15 is 0 Å². The molecule has 0 saturated carbocycles. The highest BCUT2D eigenvalue weighted by Gasteiger charge is 2.03. The molecule has 2 aromatic rings. The van der Waals surface area contributed by atoms with Gasteiger partial charge in [-0.2, -0.15) is 0 Å². The van der Waals surface area contributed by atoms with Crippen molar-refractivity contribution in [2.75, 3.05) is 0 Å². The third kappa shape index (κ3) is 1.49. The normalized spacial score (nSPS) is 10.6. The number of benzene rings is 1. The predicted molar refractivity (Wildman–Crippen MR) is 53.6 cm³/mol. The van der Waals surface area contributed by atoms with Crippen molar-refractivity contribution in [2.45, 2.75) is 6.92 Å². The first-order valence-corrected chi connectivity index (χ1v) is 4.58. The molecule has 0 radical (unpaired) electrons. The van der Waals surface area contributed by atoms with Crippen molar-refractivity contribution < 1.29 is 5.11 Å². The summed E-state index contributed by atoms with van der Waals surface area (Å²) in [4.78, 5) is 8.18. The van der Waals surface area contributed by atoms with Gasteiger partial charge in [-0.25, -0.2) is 9.97 Å². The number of hydrogen-bond acceptors (Lipinski definition) is 3. The summed E-state index contributed by atoms with van der Waals surface area (Å²) in [6, 6.07) is 3.49. The topological polar surface area (TPSA) is 46.0 Å². The van der Waals surface area contributed by atoms with Gasteiger partial charge < -0.3 is 5.11 Å². The summed E-state index contributed by atoms with van der Waals surface area (Å²) in [5, 5.41) is 10.4. The number of aromatic hydroxyl groups is 1. The second-order valence-electron chi connectivity index (χ2n) is 2.78. The van der Waals surface area contributed by atoms with Crippen LogP contribution >= 0.6 is 15.9 Å². The maximum absolute atomic E-state index is 9.56. The molecule has 0 amide bonds. The van der Waals surface area contributed by atoms with E-state index in [0.717, 1.165) is 9.86 Å². The number of rotatable bonds is 0. The lowest BCUT2D eigenvalue weighted by molar-refractivity contribution is 0.480. The average molecular weight is 239 g/mol. The Morgan fingerprint density at radius 1 is 1.38 bits per heavy atom. The second kappa shape index (κ2) is 2.96. The van der Waals surface area contributed by atoms with Gasteiger partial charge in [0, 0.05) is 16.1 Å². The zero-order valence-corrected chi connectivity index (χ0v) is 8.54. The standard InChI is InChI=1S/C9H7BrN2O/c1-5-11-4-6-2-7(10)3-8(13)9(6)12-5/h2-4,13H,1H3. The van der Waals surface area contributed by atoms with Gasteiger partial charge in [0.05, 0.1) is 0 Å². The summed E-state index contributed by atoms with van der Waals surface area (Å²) < 4.78 is 0.824. The van der Waals surface area contributed by atoms with Crippen LogP contribution in [0.25, 0.3) is 10.9 Å². The SMILES string of the molecule is Cc1ncc2cc(Br)cc(O)c2n1. The van der Waals surface area contributed by atoms with Crippen molar-refractivity contribution in [2.24, 2.45) is 0 Å². The van der Waals surface area contributed by atoms with Gasteiger partial charge in [-0.05, 0) is 19.1 Å². The van der Waals surface area contributed by atoms with Crippen LogP contribution in [0.2, 0.25) is 0 Å². The summed E-state index contributed by atoms with van der Waals surface area (Å²) >= 11 is 3.29. The Labute approximate surface area is 83.6 Å². The van der Waals surface area contributed by atoms with Gasteiger partial charge in [-0.3, -0.25) is 0 Å². The highest BCUT2D eigenvalue weighted by molar-refractivity contribution is 9.10. The second-order valence-corrected chi connectivity index (χ2v) is 3.70. The quantitative estimate of drug-likeness (QED) is 0.767. The van der Waals surface area contributed by atoms with Crippen LogP contribution in [0, 0.1) is 6.92 Å². The van der Waals surface area contributed by atoms with Gasteiger partial charge in [-0.1, -0.05) is 15.9 Å². The number of nitrogens with zero attached hydrogens (tertiary/aromatic N) is 2. The molecule has 0 fully saturated rings. The maximum Gasteiger partial charge on any atom is 0.143 e. The van der Waals surface area contributed by atoms with E-state index in [1.165, 1.54) is 0 Å². The molecule has 66 valence electrons. The van der Waals surface area contributed by atoms with Crippen LogP contribution in [0.5, 0.6) is 5.75 Å². The van der Waals surface area contributed by atoms with Crippen LogP contribution in [-0.2, 0) is 0 Å². The fourth-order valence-corrected chi connectivity index (χ4v) is 1.64. The average Bonchev–Trinajstić information content (AvgIpc) is 2.06. The molecule has 1 heterocycles. The van der Waals surface area contributed by atoms with E-state index in [-0.39, 0.29) is 5.75 Å². The molecule has 2 rings (SSSR count). The molecular weight excluding hydrogens is 232 g/mol. The zero-order chi connectivity index (χ0) is 9.42. The molecule has 1 N–H and O–H groups in total. The molecule has 0 unspecified atom stereocenters. The molecule has 0 aliphatic heterocycles. The minimum absolute atomic E-state index is 0.176. The third-order valence-corrected chi connectivity index (χ3v) is 2.21. The smallest absolute Gasteiger partial charge is 0.143 e. The number of aryl methyl sites for hydroxylation is 1. The minimum atomic E-state index is 0.176. The molecule has 0 atom stereocenters. The Morgan fingerprint density at radius 3 is 2.92 bits per heavy atom. The molecule has 0 aliphatic rings. The van der Waals surface area contributed by atoms with Crippen LogP contribution < -0.4 is 0 Å². The Hall–Kier alpha value is -1.16. The Bertz CT molecular complexity index is 470. The van der Waals surface area contributed by atoms with E-state index in [2.05, 4.69) is 25.9 Å². The lowest BCUT2D eigenvalue weighted by atomic mass is 10.2. The van der Waals surface area contributed by atoms with Crippen molar-refractivity contribution in [3.63, 3.8) is 0 Å². The van der Waals surface area contributed by atoms with Gasteiger partial charge in [0.25, 0.3) is 0 Å². The summed E-state index contributed by atoms with van der Waals surface area (Å²) in [7, 11) is 0. The fraction of sp³-hybridized carbons (Fsp3) is 0.111. The maximum atomic E-state index is 9.56. The number of aromatic nitrogens is 2. The number of halogens is 1. The molecule has 13 heavy (non-hydrogen) atoms. The number of phenolic OH excluding ortho intramolecular Hbond substituents is 1. The van der Waals surface area contributed by atoms with Crippen molar-refractivity contribution in [1.29, 1.82) is 0 Å². The van der Waals surface area contributed by atoms with Crippen molar-refractivity contribution in [1.82, 2.24) is 9.97 Å². The molecule has 1 aromatic carbocycles. The Kier molecular flexibility index (Phi) is 1.92. The Balaban J connectivity index is 2.87. The van der Waals surface area contributed by atoms with Crippen molar-refractivity contribution in [3.8, 4) is 5.75 Å². The Morgan fingerprint density at radius 2 is 2.15 bits per heavy atom. The van der Waals surface area contributed by atoms with E-state index in [9.17, 15) is 5.11 Å². The van der Waals surface area contributed by atoms with Gasteiger partial charge >= 0.3 is 0 Å². The molecule has 0 saturated heterocycles. The minimum Gasteiger partial charge on any atom is -0.506 e. The van der Waals surface area contributed by atoms with Crippen LogP contribution in [0.15, 0.2) is 22.8 Å². The lowest BCUT2D eigenvalue weighted by Crippen LogP contribution is -1.88. The summed E-state index contributed by atoms with van der Waals surface area (Å²) in [5.41, 5.74) is 0.593. The van der Waals surface area contributed by atoms with Gasteiger partial charge in [0.2, 0.25) is 0 Å². The summed E-state index contributed by atoms with van der Waals surface area (Å²) in [6.07, 6.45) is 1.70. The van der Waals surface area contributed by atoms with Crippen molar-refractivity contribution >= 4 is 26.8 Å².